The lowest BCUT2D eigenvalue weighted by molar-refractivity contribution is -0.141. The Balaban J connectivity index is 1.62. The lowest BCUT2D eigenvalue weighted by atomic mass is 10.1. The van der Waals surface area contributed by atoms with Gasteiger partial charge in [-0.2, -0.15) is 0 Å². The highest BCUT2D eigenvalue weighted by Crippen LogP contribution is 2.26. The van der Waals surface area contributed by atoms with Crippen LogP contribution >= 0.6 is 0 Å². The third kappa shape index (κ3) is 3.10. The van der Waals surface area contributed by atoms with Gasteiger partial charge in [-0.15, -0.1) is 0 Å². The topological polar surface area (TPSA) is 83.9 Å². The van der Waals surface area contributed by atoms with Crippen LogP contribution in [0, 0.1) is 5.92 Å². The third-order valence-corrected chi connectivity index (χ3v) is 6.13. The van der Waals surface area contributed by atoms with Gasteiger partial charge >= 0.3 is 5.97 Å². The Bertz CT molecular complexity index is 685. The summed E-state index contributed by atoms with van der Waals surface area (Å²) in [4.78, 5) is 10.9. The Morgan fingerprint density at radius 1 is 1.41 bits per heavy atom. The molecular formula is C15H19NO5S. The zero-order chi connectivity index (χ0) is 15.7. The van der Waals surface area contributed by atoms with Crippen molar-refractivity contribution in [3.63, 3.8) is 0 Å². The lowest BCUT2D eigenvalue weighted by Gasteiger charge is -2.16. The summed E-state index contributed by atoms with van der Waals surface area (Å²) in [5.41, 5.74) is 2.10. The van der Waals surface area contributed by atoms with Crippen LogP contribution < -0.4 is 4.74 Å². The first-order valence-electron chi connectivity index (χ1n) is 7.41. The van der Waals surface area contributed by atoms with Crippen molar-refractivity contribution >= 4 is 16.0 Å². The van der Waals surface area contributed by atoms with Crippen LogP contribution in [0.5, 0.6) is 5.75 Å². The fourth-order valence-electron chi connectivity index (χ4n) is 2.95. The number of carboxylic acids is 1. The van der Waals surface area contributed by atoms with Gasteiger partial charge in [0, 0.05) is 19.5 Å². The zero-order valence-electron chi connectivity index (χ0n) is 12.2. The van der Waals surface area contributed by atoms with Crippen molar-refractivity contribution in [2.24, 2.45) is 5.92 Å². The average molecular weight is 325 g/mol. The summed E-state index contributed by atoms with van der Waals surface area (Å²) in [6.07, 6.45) is 1.69. The van der Waals surface area contributed by atoms with Crippen LogP contribution in [0.4, 0.5) is 0 Å². The Morgan fingerprint density at radius 2 is 2.23 bits per heavy atom. The number of ether oxygens (including phenoxy) is 1. The van der Waals surface area contributed by atoms with E-state index in [9.17, 15) is 13.2 Å². The molecule has 6 nitrogen and oxygen atoms in total. The van der Waals surface area contributed by atoms with E-state index in [-0.39, 0.29) is 12.3 Å². The highest BCUT2D eigenvalue weighted by Gasteiger charge is 2.34. The van der Waals surface area contributed by atoms with E-state index in [2.05, 4.69) is 0 Å². The zero-order valence-corrected chi connectivity index (χ0v) is 13.0. The first kappa shape index (κ1) is 15.3. The summed E-state index contributed by atoms with van der Waals surface area (Å²) >= 11 is 0. The van der Waals surface area contributed by atoms with E-state index in [1.165, 1.54) is 4.31 Å². The van der Waals surface area contributed by atoms with E-state index < -0.39 is 21.9 Å². The molecule has 1 aromatic rings. The van der Waals surface area contributed by atoms with Crippen molar-refractivity contribution in [2.45, 2.75) is 19.3 Å². The summed E-state index contributed by atoms with van der Waals surface area (Å²) in [6, 6.07) is 5.78. The minimum Gasteiger partial charge on any atom is -0.493 e. The number of aryl methyl sites for hydroxylation is 1. The normalized spacial score (nSPS) is 21.5. The highest BCUT2D eigenvalue weighted by atomic mass is 32.2. The van der Waals surface area contributed by atoms with Gasteiger partial charge in [0.15, 0.2) is 0 Å². The van der Waals surface area contributed by atoms with Crippen LogP contribution in [0.15, 0.2) is 18.2 Å². The molecule has 1 unspecified atom stereocenters. The molecule has 0 spiro atoms. The smallest absolute Gasteiger partial charge is 0.307 e. The molecule has 120 valence electrons. The maximum absolute atomic E-state index is 12.3. The molecule has 0 bridgehead atoms. The molecule has 22 heavy (non-hydrogen) atoms. The number of benzene rings is 1. The molecule has 2 aliphatic rings. The number of fused-ring (bicyclic) bond motifs is 1. The van der Waals surface area contributed by atoms with Crippen molar-refractivity contribution in [1.82, 2.24) is 4.31 Å². The van der Waals surface area contributed by atoms with Crippen LogP contribution in [0.3, 0.4) is 0 Å². The van der Waals surface area contributed by atoms with Crippen LogP contribution in [-0.4, -0.2) is 49.2 Å². The maximum Gasteiger partial charge on any atom is 0.307 e. The highest BCUT2D eigenvalue weighted by molar-refractivity contribution is 7.89. The van der Waals surface area contributed by atoms with Gasteiger partial charge in [-0.25, -0.2) is 12.7 Å². The molecule has 2 aliphatic heterocycles. The molecule has 0 aromatic heterocycles. The minimum atomic E-state index is -3.40. The van der Waals surface area contributed by atoms with Crippen molar-refractivity contribution < 1.29 is 23.1 Å². The largest absolute Gasteiger partial charge is 0.493 e. The van der Waals surface area contributed by atoms with E-state index >= 15 is 0 Å². The third-order valence-electron chi connectivity index (χ3n) is 4.30. The molecule has 1 N–H and O–H groups in total. The molecule has 1 aromatic carbocycles. The molecule has 0 saturated carbocycles. The van der Waals surface area contributed by atoms with Gasteiger partial charge in [0.05, 0.1) is 18.3 Å². The van der Waals surface area contributed by atoms with Crippen LogP contribution in [0.25, 0.3) is 0 Å². The monoisotopic (exact) mass is 325 g/mol. The summed E-state index contributed by atoms with van der Waals surface area (Å²) in [6.45, 7) is 1.08. The van der Waals surface area contributed by atoms with Gasteiger partial charge in [-0.3, -0.25) is 4.79 Å². The second kappa shape index (κ2) is 5.89. The predicted octanol–water partition coefficient (Wildman–Crippen LogP) is 0.900. The number of carbonyl (C=O) groups is 1. The van der Waals surface area contributed by atoms with Gasteiger partial charge in [0.1, 0.15) is 5.75 Å². The Morgan fingerprint density at radius 3 is 2.95 bits per heavy atom. The second-order valence-electron chi connectivity index (χ2n) is 5.79. The molecule has 3 rings (SSSR count). The van der Waals surface area contributed by atoms with Gasteiger partial charge in [0.2, 0.25) is 10.0 Å². The molecule has 1 atom stereocenters. The standard InChI is InChI=1S/C15H19NO5S/c17-15(18)13-3-6-16(10-13)22(19,20)8-5-11-1-2-14-12(9-11)4-7-21-14/h1-2,9,13H,3-8,10H2,(H,17,18). The molecular weight excluding hydrogens is 306 g/mol. The second-order valence-corrected chi connectivity index (χ2v) is 7.88. The molecule has 7 heteroatoms. The summed E-state index contributed by atoms with van der Waals surface area (Å²) in [7, 11) is -3.40. The van der Waals surface area contributed by atoms with E-state index in [0.717, 1.165) is 23.3 Å². The summed E-state index contributed by atoms with van der Waals surface area (Å²) in [5, 5.41) is 8.96. The number of sulfonamides is 1. The van der Waals surface area contributed by atoms with Gasteiger partial charge in [-0.1, -0.05) is 12.1 Å². The maximum atomic E-state index is 12.3. The number of hydrogen-bond donors (Lipinski definition) is 1. The van der Waals surface area contributed by atoms with Crippen molar-refractivity contribution in [1.29, 1.82) is 0 Å². The lowest BCUT2D eigenvalue weighted by Crippen LogP contribution is -2.32. The first-order valence-corrected chi connectivity index (χ1v) is 9.02. The fraction of sp³-hybridized carbons (Fsp3) is 0.533. The van der Waals surface area contributed by atoms with Gasteiger partial charge in [-0.05, 0) is 30.0 Å². The molecule has 0 aliphatic carbocycles. The van der Waals surface area contributed by atoms with Crippen molar-refractivity contribution in [3.8, 4) is 5.75 Å². The van der Waals surface area contributed by atoms with Crippen LogP contribution in [0.1, 0.15) is 17.5 Å². The number of aliphatic carboxylic acids is 1. The molecule has 1 fully saturated rings. The number of rotatable bonds is 5. The van der Waals surface area contributed by atoms with Gasteiger partial charge < -0.3 is 9.84 Å². The number of nitrogens with zero attached hydrogens (tertiary/aromatic N) is 1. The van der Waals surface area contributed by atoms with Crippen molar-refractivity contribution in [3.05, 3.63) is 29.3 Å². The molecule has 0 radical (unpaired) electrons. The van der Waals surface area contributed by atoms with Gasteiger partial charge in [0.25, 0.3) is 0 Å². The molecule has 1 saturated heterocycles. The Kier molecular flexibility index (Phi) is 4.10. The van der Waals surface area contributed by atoms with E-state index in [4.69, 9.17) is 9.84 Å². The fourth-order valence-corrected chi connectivity index (χ4v) is 4.50. The van der Waals surface area contributed by atoms with Crippen LogP contribution in [-0.2, 0) is 27.7 Å². The number of hydrogen-bond acceptors (Lipinski definition) is 4. The molecule has 2 heterocycles. The average Bonchev–Trinajstić information content (AvgIpc) is 3.13. The summed E-state index contributed by atoms with van der Waals surface area (Å²) < 4.78 is 31.4. The van der Waals surface area contributed by atoms with E-state index in [1.54, 1.807) is 0 Å². The number of carboxylic acid groups (broad SMARTS) is 1. The quantitative estimate of drug-likeness (QED) is 0.869. The van der Waals surface area contributed by atoms with E-state index in [0.29, 0.717) is 26.0 Å². The van der Waals surface area contributed by atoms with Crippen molar-refractivity contribution in [2.75, 3.05) is 25.4 Å². The first-order chi connectivity index (χ1) is 10.5. The molecule has 0 amide bonds. The summed E-state index contributed by atoms with van der Waals surface area (Å²) in [5.74, 6) is -0.599. The van der Waals surface area contributed by atoms with E-state index in [1.807, 2.05) is 18.2 Å². The van der Waals surface area contributed by atoms with Crippen LogP contribution in [0.2, 0.25) is 0 Å². The Labute approximate surface area is 129 Å². The predicted molar refractivity (Wildman–Crippen MR) is 80.4 cm³/mol. The Hall–Kier alpha value is -1.60. The SMILES string of the molecule is O=C(O)C1CCN(S(=O)(=O)CCc2ccc3c(c2)CCO3)C1. The minimum absolute atomic E-state index is 0.0129.